The Morgan fingerprint density at radius 1 is 1.28 bits per heavy atom. The van der Waals surface area contributed by atoms with Gasteiger partial charge in [0.15, 0.2) is 0 Å². The molecule has 0 radical (unpaired) electrons. The number of benzene rings is 1. The number of aryl methyl sites for hydroxylation is 1. The summed E-state index contributed by atoms with van der Waals surface area (Å²) in [6.45, 7) is 12.7. The molecule has 2 aliphatic heterocycles. The second-order valence-corrected chi connectivity index (χ2v) is 8.90. The maximum absolute atomic E-state index is 13.0. The molecule has 0 aromatic heterocycles. The van der Waals surface area contributed by atoms with Crippen LogP contribution < -0.4 is 5.32 Å². The number of hydrogen-bond acceptors (Lipinski definition) is 4. The van der Waals surface area contributed by atoms with Crippen molar-refractivity contribution >= 4 is 17.3 Å². The Hall–Kier alpha value is -2.56. The molecule has 0 bridgehead atoms. The fourth-order valence-electron chi connectivity index (χ4n) is 4.53. The molecule has 1 saturated heterocycles. The van der Waals surface area contributed by atoms with E-state index in [2.05, 4.69) is 47.8 Å². The Labute approximate surface area is 173 Å². The fraction of sp³-hybridized carbons (Fsp3) is 0.458. The molecular weight excluding hydrogens is 363 g/mol. The second kappa shape index (κ2) is 7.36. The summed E-state index contributed by atoms with van der Waals surface area (Å²) in [7, 11) is 2.06. The molecule has 4 nitrogen and oxygen atoms in total. The minimum absolute atomic E-state index is 0.202. The van der Waals surface area contributed by atoms with Crippen LogP contribution in [0.1, 0.15) is 49.8 Å². The summed E-state index contributed by atoms with van der Waals surface area (Å²) < 4.78 is 13.0. The van der Waals surface area contributed by atoms with Crippen molar-refractivity contribution in [2.75, 3.05) is 20.1 Å². The van der Waals surface area contributed by atoms with Crippen LogP contribution in [0.3, 0.4) is 0 Å². The molecule has 3 aliphatic rings. The summed E-state index contributed by atoms with van der Waals surface area (Å²) in [4.78, 5) is 9.61. The number of hydrogen-bond donors (Lipinski definition) is 1. The molecule has 1 aromatic rings. The number of halogens is 1. The van der Waals surface area contributed by atoms with E-state index in [1.165, 1.54) is 37.8 Å². The second-order valence-electron chi connectivity index (χ2n) is 8.90. The van der Waals surface area contributed by atoms with Gasteiger partial charge in [0.25, 0.3) is 0 Å². The molecule has 0 atom stereocenters. The Kier molecular flexibility index (Phi) is 5.01. The highest BCUT2D eigenvalue weighted by atomic mass is 19.1. The topological polar surface area (TPSA) is 30.9 Å². The van der Waals surface area contributed by atoms with Gasteiger partial charge in [0.05, 0.1) is 11.5 Å². The molecule has 0 amide bonds. The first-order valence-corrected chi connectivity index (χ1v) is 10.4. The van der Waals surface area contributed by atoms with Gasteiger partial charge >= 0.3 is 0 Å². The molecule has 2 heterocycles. The first kappa shape index (κ1) is 19.7. The highest BCUT2D eigenvalue weighted by Crippen LogP contribution is 2.49. The number of fused-ring (bicyclic) bond motifs is 1. The Balaban J connectivity index is 1.61. The van der Waals surface area contributed by atoms with E-state index in [4.69, 9.17) is 4.99 Å². The molecule has 154 valence electrons. The Bertz CT molecular complexity index is 924. The quantitative estimate of drug-likeness (QED) is 0.708. The van der Waals surface area contributed by atoms with Crippen molar-refractivity contribution in [3.8, 4) is 0 Å². The molecule has 2 fully saturated rings. The number of likely N-dealkylation sites (tertiary alicyclic amines) is 1. The minimum Gasteiger partial charge on any atom is -0.384 e. The average Bonchev–Trinajstić information content (AvgIpc) is 2.60. The molecule has 4 rings (SSSR count). The van der Waals surface area contributed by atoms with Gasteiger partial charge in [-0.3, -0.25) is 0 Å². The van der Waals surface area contributed by atoms with E-state index in [1.54, 1.807) is 6.08 Å². The Morgan fingerprint density at radius 2 is 2.00 bits per heavy atom. The van der Waals surface area contributed by atoms with Crippen LogP contribution in [-0.2, 0) is 6.54 Å². The zero-order valence-electron chi connectivity index (χ0n) is 18.0. The predicted molar refractivity (Wildman–Crippen MR) is 118 cm³/mol. The molecule has 0 unspecified atom stereocenters. The van der Waals surface area contributed by atoms with Crippen molar-refractivity contribution in [3.63, 3.8) is 0 Å². The third-order valence-corrected chi connectivity index (χ3v) is 6.43. The van der Waals surface area contributed by atoms with Gasteiger partial charge in [0.2, 0.25) is 5.96 Å². The van der Waals surface area contributed by atoms with Crippen LogP contribution in [0.25, 0.3) is 5.70 Å². The standard InChI is InChI=1S/C24H31FN4/c1-16-11-20(13-26-18(3)8-7-17(2)25)22-21(12-16)19(4)28(5)23(27-22)29-14-24(15-29)9-6-10-24/h7-8,11-12,26H,4,6,9-10,13-15H2,1-3,5H3/b17-7+,18-8+. The van der Waals surface area contributed by atoms with E-state index in [0.29, 0.717) is 12.0 Å². The molecule has 1 aliphatic carbocycles. The average molecular weight is 395 g/mol. The first-order chi connectivity index (χ1) is 13.8. The molecular formula is C24H31FN4. The fourth-order valence-corrected chi connectivity index (χ4v) is 4.53. The van der Waals surface area contributed by atoms with Crippen LogP contribution in [0, 0.1) is 12.3 Å². The van der Waals surface area contributed by atoms with E-state index in [0.717, 1.165) is 47.3 Å². The van der Waals surface area contributed by atoms with Crippen molar-refractivity contribution in [1.29, 1.82) is 0 Å². The van der Waals surface area contributed by atoms with Crippen LogP contribution >= 0.6 is 0 Å². The van der Waals surface area contributed by atoms with Crippen LogP contribution in [0.4, 0.5) is 10.1 Å². The summed E-state index contributed by atoms with van der Waals surface area (Å²) in [5, 5.41) is 3.38. The lowest BCUT2D eigenvalue weighted by Crippen LogP contribution is -2.63. The van der Waals surface area contributed by atoms with E-state index < -0.39 is 0 Å². The molecule has 1 N–H and O–H groups in total. The summed E-state index contributed by atoms with van der Waals surface area (Å²) in [6.07, 6.45) is 7.30. The van der Waals surface area contributed by atoms with Gasteiger partial charge in [0.1, 0.15) is 0 Å². The molecule has 1 aromatic carbocycles. The number of nitrogens with zero attached hydrogens (tertiary/aromatic N) is 3. The SMILES string of the molecule is C=C1c2cc(C)cc(CN/C(C)=C/C=C(\C)F)c2N=C(N2CC3(CCC3)C2)N1C. The zero-order valence-corrected chi connectivity index (χ0v) is 18.0. The minimum atomic E-state index is -0.202. The Morgan fingerprint density at radius 3 is 2.62 bits per heavy atom. The van der Waals surface area contributed by atoms with Gasteiger partial charge < -0.3 is 15.1 Å². The van der Waals surface area contributed by atoms with Gasteiger partial charge in [-0.2, -0.15) is 0 Å². The number of aliphatic imine (C=N–C) groups is 1. The van der Waals surface area contributed by atoms with E-state index >= 15 is 0 Å². The predicted octanol–water partition coefficient (Wildman–Crippen LogP) is 5.25. The maximum Gasteiger partial charge on any atom is 0.206 e. The van der Waals surface area contributed by atoms with Crippen LogP contribution in [0.5, 0.6) is 0 Å². The summed E-state index contributed by atoms with van der Waals surface area (Å²) >= 11 is 0. The monoisotopic (exact) mass is 394 g/mol. The van der Waals surface area contributed by atoms with Crippen molar-refractivity contribution in [2.45, 2.75) is 46.6 Å². The third-order valence-electron chi connectivity index (χ3n) is 6.43. The summed E-state index contributed by atoms with van der Waals surface area (Å²) in [5.41, 5.74) is 6.88. The highest BCUT2D eigenvalue weighted by Gasteiger charge is 2.49. The lowest BCUT2D eigenvalue weighted by molar-refractivity contribution is -0.0216. The number of nitrogens with one attached hydrogen (secondary N) is 1. The number of rotatable bonds is 4. The van der Waals surface area contributed by atoms with Gasteiger partial charge in [-0.05, 0) is 63.0 Å². The highest BCUT2D eigenvalue weighted by molar-refractivity contribution is 5.97. The van der Waals surface area contributed by atoms with Crippen LogP contribution in [-0.4, -0.2) is 35.9 Å². The van der Waals surface area contributed by atoms with E-state index in [1.807, 2.05) is 6.92 Å². The van der Waals surface area contributed by atoms with Gasteiger partial charge in [-0.25, -0.2) is 9.38 Å². The molecule has 29 heavy (non-hydrogen) atoms. The van der Waals surface area contributed by atoms with Gasteiger partial charge in [0, 0.05) is 49.1 Å². The first-order valence-electron chi connectivity index (χ1n) is 10.4. The number of allylic oxidation sites excluding steroid dienone is 4. The normalized spacial score (nSPS) is 20.9. The van der Waals surface area contributed by atoms with Crippen LogP contribution in [0.15, 0.2) is 47.4 Å². The van der Waals surface area contributed by atoms with E-state index in [-0.39, 0.29) is 5.83 Å². The lowest BCUT2D eigenvalue weighted by Gasteiger charge is -2.58. The van der Waals surface area contributed by atoms with Crippen molar-refractivity contribution in [1.82, 2.24) is 15.1 Å². The molecule has 1 spiro atoms. The number of guanidine groups is 1. The van der Waals surface area contributed by atoms with Crippen molar-refractivity contribution < 1.29 is 4.39 Å². The van der Waals surface area contributed by atoms with Crippen molar-refractivity contribution in [3.05, 3.63) is 59.1 Å². The van der Waals surface area contributed by atoms with E-state index in [9.17, 15) is 4.39 Å². The zero-order chi connectivity index (χ0) is 20.8. The lowest BCUT2D eigenvalue weighted by atomic mass is 9.63. The maximum atomic E-state index is 13.0. The largest absolute Gasteiger partial charge is 0.384 e. The smallest absolute Gasteiger partial charge is 0.206 e. The summed E-state index contributed by atoms with van der Waals surface area (Å²) in [6, 6.07) is 4.35. The summed E-state index contributed by atoms with van der Waals surface area (Å²) in [5.74, 6) is 0.805. The molecule has 1 saturated carbocycles. The van der Waals surface area contributed by atoms with Crippen molar-refractivity contribution in [2.24, 2.45) is 10.4 Å². The third kappa shape index (κ3) is 3.70. The van der Waals surface area contributed by atoms with Crippen LogP contribution in [0.2, 0.25) is 0 Å². The van der Waals surface area contributed by atoms with Gasteiger partial charge in [-0.15, -0.1) is 0 Å². The molecule has 5 heteroatoms. The van der Waals surface area contributed by atoms with Gasteiger partial charge in [-0.1, -0.05) is 19.1 Å².